The van der Waals surface area contributed by atoms with Crippen molar-refractivity contribution in [2.24, 2.45) is 0 Å². The molecule has 4 rings (SSSR count). The van der Waals surface area contributed by atoms with Crippen molar-refractivity contribution in [1.82, 2.24) is 10.1 Å². The number of hydrogen-bond donors (Lipinski definition) is 0. The van der Waals surface area contributed by atoms with Crippen molar-refractivity contribution in [3.63, 3.8) is 0 Å². The molecule has 3 heterocycles. The standard InChI is InChI=1S/C20H20FN3O4/c21-15-3-5-17(6-4-15)23-7-9-24(10-8-23)20(25)14-26-13-16-12-19(28-22-16)18-2-1-11-27-18/h1-6,11-12H,7-10,13-14H2. The van der Waals surface area contributed by atoms with Gasteiger partial charge in [-0.05, 0) is 36.4 Å². The Morgan fingerprint density at radius 1 is 1.11 bits per heavy atom. The van der Waals surface area contributed by atoms with E-state index in [0.717, 1.165) is 5.69 Å². The topological polar surface area (TPSA) is 71.9 Å². The van der Waals surface area contributed by atoms with E-state index in [1.54, 1.807) is 41.5 Å². The maximum absolute atomic E-state index is 13.0. The Labute approximate surface area is 161 Å². The van der Waals surface area contributed by atoms with Gasteiger partial charge in [-0.1, -0.05) is 5.16 Å². The molecule has 146 valence electrons. The highest BCUT2D eigenvalue weighted by molar-refractivity contribution is 5.77. The highest BCUT2D eigenvalue weighted by atomic mass is 19.1. The van der Waals surface area contributed by atoms with E-state index in [-0.39, 0.29) is 24.9 Å². The number of hydrogen-bond acceptors (Lipinski definition) is 6. The fourth-order valence-electron chi connectivity index (χ4n) is 3.11. The van der Waals surface area contributed by atoms with Gasteiger partial charge in [0.1, 0.15) is 18.1 Å². The van der Waals surface area contributed by atoms with Gasteiger partial charge in [-0.25, -0.2) is 4.39 Å². The maximum atomic E-state index is 13.0. The van der Waals surface area contributed by atoms with Gasteiger partial charge in [-0.3, -0.25) is 4.79 Å². The van der Waals surface area contributed by atoms with Crippen molar-refractivity contribution < 1.29 is 22.9 Å². The molecule has 1 aromatic carbocycles. The molecule has 0 radical (unpaired) electrons. The molecule has 1 aliphatic rings. The number of amides is 1. The van der Waals surface area contributed by atoms with E-state index in [9.17, 15) is 9.18 Å². The lowest BCUT2D eigenvalue weighted by Crippen LogP contribution is -2.49. The number of nitrogens with zero attached hydrogens (tertiary/aromatic N) is 3. The molecule has 1 fully saturated rings. The van der Waals surface area contributed by atoms with Crippen LogP contribution in [0.25, 0.3) is 11.5 Å². The van der Waals surface area contributed by atoms with E-state index in [1.807, 2.05) is 0 Å². The third-order valence-corrected chi connectivity index (χ3v) is 4.62. The van der Waals surface area contributed by atoms with Gasteiger partial charge < -0.3 is 23.5 Å². The molecular formula is C20H20FN3O4. The quantitative estimate of drug-likeness (QED) is 0.650. The lowest BCUT2D eigenvalue weighted by Gasteiger charge is -2.36. The zero-order valence-corrected chi connectivity index (χ0v) is 15.2. The van der Waals surface area contributed by atoms with Crippen molar-refractivity contribution in [3.8, 4) is 11.5 Å². The van der Waals surface area contributed by atoms with Gasteiger partial charge in [0.2, 0.25) is 11.7 Å². The third kappa shape index (κ3) is 4.23. The van der Waals surface area contributed by atoms with Crippen molar-refractivity contribution >= 4 is 11.6 Å². The molecular weight excluding hydrogens is 365 g/mol. The molecule has 0 spiro atoms. The number of carbonyl (C=O) groups excluding carboxylic acids is 1. The molecule has 0 bridgehead atoms. The molecule has 8 heteroatoms. The molecule has 0 saturated carbocycles. The molecule has 0 unspecified atom stereocenters. The maximum Gasteiger partial charge on any atom is 0.248 e. The number of carbonyl (C=O) groups is 1. The summed E-state index contributed by atoms with van der Waals surface area (Å²) in [6.07, 6.45) is 1.56. The summed E-state index contributed by atoms with van der Waals surface area (Å²) < 4.78 is 29.0. The van der Waals surface area contributed by atoms with Crippen LogP contribution in [0.15, 0.2) is 57.7 Å². The lowest BCUT2D eigenvalue weighted by atomic mass is 10.2. The summed E-state index contributed by atoms with van der Waals surface area (Å²) in [6.45, 7) is 2.78. The van der Waals surface area contributed by atoms with Crippen LogP contribution in [0.3, 0.4) is 0 Å². The minimum atomic E-state index is -0.252. The summed E-state index contributed by atoms with van der Waals surface area (Å²) in [4.78, 5) is 16.3. The Morgan fingerprint density at radius 3 is 2.61 bits per heavy atom. The molecule has 2 aromatic heterocycles. The molecule has 1 amide bonds. The molecule has 3 aromatic rings. The van der Waals surface area contributed by atoms with E-state index in [2.05, 4.69) is 10.1 Å². The molecule has 28 heavy (non-hydrogen) atoms. The minimum Gasteiger partial charge on any atom is -0.461 e. The van der Waals surface area contributed by atoms with Gasteiger partial charge in [-0.15, -0.1) is 0 Å². The molecule has 7 nitrogen and oxygen atoms in total. The van der Waals surface area contributed by atoms with Gasteiger partial charge in [0, 0.05) is 37.9 Å². The van der Waals surface area contributed by atoms with E-state index < -0.39 is 0 Å². The molecule has 0 atom stereocenters. The average Bonchev–Trinajstić information content (AvgIpc) is 3.40. The van der Waals surface area contributed by atoms with E-state index >= 15 is 0 Å². The first-order valence-electron chi connectivity index (χ1n) is 9.04. The number of rotatable bonds is 6. The smallest absolute Gasteiger partial charge is 0.248 e. The van der Waals surface area contributed by atoms with Crippen LogP contribution in [-0.2, 0) is 16.1 Å². The Balaban J connectivity index is 1.21. The number of halogens is 1. The number of aromatic nitrogens is 1. The Bertz CT molecular complexity index is 900. The van der Waals surface area contributed by atoms with E-state index in [1.165, 1.54) is 12.1 Å². The largest absolute Gasteiger partial charge is 0.461 e. The van der Waals surface area contributed by atoms with E-state index in [4.69, 9.17) is 13.7 Å². The van der Waals surface area contributed by atoms with Gasteiger partial charge >= 0.3 is 0 Å². The lowest BCUT2D eigenvalue weighted by molar-refractivity contribution is -0.136. The number of furan rings is 1. The molecule has 0 aliphatic carbocycles. The zero-order valence-electron chi connectivity index (χ0n) is 15.2. The van der Waals surface area contributed by atoms with Crippen molar-refractivity contribution in [2.75, 3.05) is 37.7 Å². The number of benzene rings is 1. The molecule has 1 saturated heterocycles. The SMILES string of the molecule is O=C(COCc1cc(-c2ccco2)on1)N1CCN(c2ccc(F)cc2)CC1. The summed E-state index contributed by atoms with van der Waals surface area (Å²) in [5.41, 5.74) is 1.56. The van der Waals surface area contributed by atoms with Gasteiger partial charge in [0.15, 0.2) is 5.76 Å². The summed E-state index contributed by atoms with van der Waals surface area (Å²) in [7, 11) is 0. The van der Waals surface area contributed by atoms with Crippen molar-refractivity contribution in [2.45, 2.75) is 6.61 Å². The zero-order chi connectivity index (χ0) is 19.3. The fourth-order valence-corrected chi connectivity index (χ4v) is 3.11. The summed E-state index contributed by atoms with van der Waals surface area (Å²) in [6, 6.07) is 11.7. The van der Waals surface area contributed by atoms with Crippen LogP contribution < -0.4 is 4.90 Å². The number of anilines is 1. The number of piperazine rings is 1. The van der Waals surface area contributed by atoms with Crippen LogP contribution in [0.4, 0.5) is 10.1 Å². The number of ether oxygens (including phenoxy) is 1. The van der Waals surface area contributed by atoms with Crippen molar-refractivity contribution in [3.05, 3.63) is 60.2 Å². The van der Waals surface area contributed by atoms with Crippen molar-refractivity contribution in [1.29, 1.82) is 0 Å². The second-order valence-corrected chi connectivity index (χ2v) is 6.50. The Morgan fingerprint density at radius 2 is 1.89 bits per heavy atom. The Kier molecular flexibility index (Phi) is 5.38. The summed E-state index contributed by atoms with van der Waals surface area (Å²) in [5, 5.41) is 3.91. The van der Waals surface area contributed by atoms with Crippen LogP contribution in [0.1, 0.15) is 5.69 Å². The monoisotopic (exact) mass is 385 g/mol. The normalized spacial score (nSPS) is 14.5. The van der Waals surface area contributed by atoms with Crippen LogP contribution in [0.2, 0.25) is 0 Å². The fraction of sp³-hybridized carbons (Fsp3) is 0.300. The second-order valence-electron chi connectivity index (χ2n) is 6.50. The predicted molar refractivity (Wildman–Crippen MR) is 99.1 cm³/mol. The van der Waals surface area contributed by atoms with Crippen LogP contribution >= 0.6 is 0 Å². The highest BCUT2D eigenvalue weighted by Gasteiger charge is 2.21. The predicted octanol–water partition coefficient (Wildman–Crippen LogP) is 2.94. The highest BCUT2D eigenvalue weighted by Crippen LogP contribution is 2.21. The first kappa shape index (κ1) is 18.2. The third-order valence-electron chi connectivity index (χ3n) is 4.62. The summed E-state index contributed by atoms with van der Waals surface area (Å²) in [5.74, 6) is 0.798. The first-order chi connectivity index (χ1) is 13.7. The van der Waals surface area contributed by atoms with E-state index in [0.29, 0.717) is 43.4 Å². The van der Waals surface area contributed by atoms with Gasteiger partial charge in [0.05, 0.1) is 12.9 Å². The molecule has 0 N–H and O–H groups in total. The summed E-state index contributed by atoms with van der Waals surface area (Å²) >= 11 is 0. The van der Waals surface area contributed by atoms with Gasteiger partial charge in [0.25, 0.3) is 0 Å². The van der Waals surface area contributed by atoms with Crippen LogP contribution in [-0.4, -0.2) is 48.7 Å². The average molecular weight is 385 g/mol. The second kappa shape index (κ2) is 8.26. The first-order valence-corrected chi connectivity index (χ1v) is 9.04. The van der Waals surface area contributed by atoms with Crippen LogP contribution in [0.5, 0.6) is 0 Å². The molecule has 1 aliphatic heterocycles. The Hall–Kier alpha value is -3.13. The minimum absolute atomic E-state index is 0.0144. The van der Waals surface area contributed by atoms with Crippen LogP contribution in [0, 0.1) is 5.82 Å². The van der Waals surface area contributed by atoms with Gasteiger partial charge in [-0.2, -0.15) is 0 Å².